The quantitative estimate of drug-likeness (QED) is 0.167. The SMILES string of the molecule is O=C(CCCCCN1C(=O)/C(=C/c2ccc(-c3ccccc3)cc2)SC1=S)Nc1cccc(C(F)(F)F)c1. The van der Waals surface area contributed by atoms with Crippen molar-refractivity contribution in [3.8, 4) is 11.1 Å². The summed E-state index contributed by atoms with van der Waals surface area (Å²) in [6.45, 7) is 0.449. The van der Waals surface area contributed by atoms with Gasteiger partial charge in [0.05, 0.1) is 10.5 Å². The van der Waals surface area contributed by atoms with Crippen molar-refractivity contribution >= 4 is 51.9 Å². The topological polar surface area (TPSA) is 49.4 Å². The molecule has 0 aromatic heterocycles. The molecule has 3 aromatic rings. The number of nitrogens with zero attached hydrogens (tertiary/aromatic N) is 1. The van der Waals surface area contributed by atoms with Gasteiger partial charge in [-0.1, -0.05) is 91.1 Å². The van der Waals surface area contributed by atoms with Crippen LogP contribution in [-0.4, -0.2) is 27.6 Å². The minimum absolute atomic E-state index is 0.115. The number of alkyl halides is 3. The van der Waals surface area contributed by atoms with Crippen molar-refractivity contribution in [3.63, 3.8) is 0 Å². The molecule has 196 valence electrons. The first-order chi connectivity index (χ1) is 18.2. The number of carbonyl (C=O) groups is 2. The van der Waals surface area contributed by atoms with Crippen LogP contribution in [0.15, 0.2) is 83.8 Å². The van der Waals surface area contributed by atoms with Gasteiger partial charge in [-0.2, -0.15) is 13.2 Å². The van der Waals surface area contributed by atoms with E-state index in [-0.39, 0.29) is 23.9 Å². The van der Waals surface area contributed by atoms with Crippen LogP contribution in [0.25, 0.3) is 17.2 Å². The normalized spacial score (nSPS) is 14.8. The zero-order valence-electron chi connectivity index (χ0n) is 20.3. The number of thioether (sulfide) groups is 1. The van der Waals surface area contributed by atoms with E-state index in [0.717, 1.165) is 28.8 Å². The zero-order chi connectivity index (χ0) is 27.1. The van der Waals surface area contributed by atoms with Gasteiger partial charge in [0.15, 0.2) is 0 Å². The van der Waals surface area contributed by atoms with E-state index in [0.29, 0.717) is 35.0 Å². The Kier molecular flexibility index (Phi) is 9.01. The Morgan fingerprint density at radius 3 is 2.34 bits per heavy atom. The number of hydrogen-bond acceptors (Lipinski definition) is 4. The molecule has 1 aliphatic rings. The Morgan fingerprint density at radius 2 is 1.63 bits per heavy atom. The summed E-state index contributed by atoms with van der Waals surface area (Å²) >= 11 is 6.68. The molecule has 0 unspecified atom stereocenters. The molecule has 4 rings (SSSR count). The van der Waals surface area contributed by atoms with Gasteiger partial charge in [0, 0.05) is 18.7 Å². The van der Waals surface area contributed by atoms with E-state index in [9.17, 15) is 22.8 Å². The maximum absolute atomic E-state index is 12.9. The number of unbranched alkanes of at least 4 members (excludes halogenated alkanes) is 2. The van der Waals surface area contributed by atoms with Crippen LogP contribution in [0.1, 0.15) is 36.8 Å². The van der Waals surface area contributed by atoms with Crippen LogP contribution >= 0.6 is 24.0 Å². The fourth-order valence-corrected chi connectivity index (χ4v) is 5.28. The highest BCUT2D eigenvalue weighted by Crippen LogP contribution is 2.33. The molecule has 3 aromatic carbocycles. The first-order valence-corrected chi connectivity index (χ1v) is 13.3. The number of nitrogens with one attached hydrogen (secondary N) is 1. The number of benzene rings is 3. The molecule has 0 bridgehead atoms. The lowest BCUT2D eigenvalue weighted by Crippen LogP contribution is -2.29. The molecule has 9 heteroatoms. The van der Waals surface area contributed by atoms with Crippen LogP contribution in [0.3, 0.4) is 0 Å². The van der Waals surface area contributed by atoms with E-state index in [1.54, 1.807) is 4.90 Å². The molecule has 1 N–H and O–H groups in total. The fourth-order valence-electron chi connectivity index (χ4n) is 3.98. The van der Waals surface area contributed by atoms with Crippen molar-refractivity contribution in [3.05, 3.63) is 94.9 Å². The summed E-state index contributed by atoms with van der Waals surface area (Å²) in [5.41, 5.74) is 2.44. The van der Waals surface area contributed by atoms with Crippen molar-refractivity contribution < 1.29 is 22.8 Å². The molecule has 4 nitrogen and oxygen atoms in total. The van der Waals surface area contributed by atoms with Gasteiger partial charge in [-0.05, 0) is 53.8 Å². The van der Waals surface area contributed by atoms with Crippen LogP contribution in [0.4, 0.5) is 18.9 Å². The first kappa shape index (κ1) is 27.6. The molecule has 2 amide bonds. The molecule has 1 aliphatic heterocycles. The number of hydrogen-bond donors (Lipinski definition) is 1. The van der Waals surface area contributed by atoms with Gasteiger partial charge in [0.1, 0.15) is 4.32 Å². The number of anilines is 1. The van der Waals surface area contributed by atoms with Crippen LogP contribution in [-0.2, 0) is 15.8 Å². The van der Waals surface area contributed by atoms with E-state index in [4.69, 9.17) is 12.2 Å². The Hall–Kier alpha value is -3.43. The van der Waals surface area contributed by atoms with Gasteiger partial charge in [-0.3, -0.25) is 14.5 Å². The highest BCUT2D eigenvalue weighted by atomic mass is 32.2. The predicted molar refractivity (Wildman–Crippen MR) is 150 cm³/mol. The second-order valence-electron chi connectivity index (χ2n) is 8.76. The number of carbonyl (C=O) groups excluding carboxylic acids is 2. The molecule has 1 fully saturated rings. The van der Waals surface area contributed by atoms with Crippen molar-refractivity contribution in [2.75, 3.05) is 11.9 Å². The van der Waals surface area contributed by atoms with Crippen LogP contribution < -0.4 is 5.32 Å². The third kappa shape index (κ3) is 7.33. The van der Waals surface area contributed by atoms with Crippen molar-refractivity contribution in [1.29, 1.82) is 0 Å². The molecule has 1 saturated heterocycles. The number of rotatable bonds is 9. The lowest BCUT2D eigenvalue weighted by molar-refractivity contribution is -0.137. The highest BCUT2D eigenvalue weighted by molar-refractivity contribution is 8.26. The highest BCUT2D eigenvalue weighted by Gasteiger charge is 2.32. The minimum Gasteiger partial charge on any atom is -0.326 e. The standard InChI is InChI=1S/C29H25F3N2O2S2/c30-29(31,32)23-10-7-11-24(19-23)33-26(35)12-5-2-6-17-34-27(36)25(38-28(34)37)18-20-13-15-22(16-14-20)21-8-3-1-4-9-21/h1,3-4,7-11,13-16,18-19H,2,5-6,12,17H2,(H,33,35)/b25-18-. The molecule has 38 heavy (non-hydrogen) atoms. The minimum atomic E-state index is -4.46. The predicted octanol–water partition coefficient (Wildman–Crippen LogP) is 7.77. The molecule has 0 spiro atoms. The summed E-state index contributed by atoms with van der Waals surface area (Å²) in [6.07, 6.45) is -0.576. The Balaban J connectivity index is 1.22. The molecule has 0 atom stereocenters. The Bertz CT molecular complexity index is 1340. The summed E-state index contributed by atoms with van der Waals surface area (Å²) in [5.74, 6) is -0.481. The van der Waals surface area contributed by atoms with E-state index in [1.807, 2.05) is 60.7 Å². The van der Waals surface area contributed by atoms with Crippen molar-refractivity contribution in [2.24, 2.45) is 0 Å². The van der Waals surface area contributed by atoms with Crippen molar-refractivity contribution in [1.82, 2.24) is 4.90 Å². The third-order valence-electron chi connectivity index (χ3n) is 5.95. The van der Waals surface area contributed by atoms with Gasteiger partial charge in [0.2, 0.25) is 5.91 Å². The zero-order valence-corrected chi connectivity index (χ0v) is 22.0. The average molecular weight is 555 g/mol. The van der Waals surface area contributed by atoms with E-state index >= 15 is 0 Å². The van der Waals surface area contributed by atoms with Crippen LogP contribution in [0.5, 0.6) is 0 Å². The fraction of sp³-hybridized carbons (Fsp3) is 0.207. The molecular formula is C29H25F3N2O2S2. The molecular weight excluding hydrogens is 529 g/mol. The maximum atomic E-state index is 12.9. The van der Waals surface area contributed by atoms with E-state index in [1.165, 1.54) is 23.9 Å². The monoisotopic (exact) mass is 554 g/mol. The van der Waals surface area contributed by atoms with Crippen LogP contribution in [0, 0.1) is 0 Å². The van der Waals surface area contributed by atoms with Gasteiger partial charge < -0.3 is 5.32 Å². The summed E-state index contributed by atoms with van der Waals surface area (Å²) < 4.78 is 39.0. The van der Waals surface area contributed by atoms with Gasteiger partial charge in [-0.25, -0.2) is 0 Å². The maximum Gasteiger partial charge on any atom is 0.416 e. The number of thiocarbonyl (C=S) groups is 1. The lowest BCUT2D eigenvalue weighted by Gasteiger charge is -2.14. The van der Waals surface area contributed by atoms with Gasteiger partial charge in [-0.15, -0.1) is 0 Å². The van der Waals surface area contributed by atoms with Crippen molar-refractivity contribution in [2.45, 2.75) is 31.9 Å². The van der Waals surface area contributed by atoms with Crippen LogP contribution in [0.2, 0.25) is 0 Å². The third-order valence-corrected chi connectivity index (χ3v) is 7.33. The Labute approximate surface area is 228 Å². The van der Waals surface area contributed by atoms with E-state index < -0.39 is 11.7 Å². The summed E-state index contributed by atoms with van der Waals surface area (Å²) in [6, 6.07) is 22.6. The largest absolute Gasteiger partial charge is 0.416 e. The first-order valence-electron chi connectivity index (χ1n) is 12.1. The summed E-state index contributed by atoms with van der Waals surface area (Å²) in [4.78, 5) is 27.2. The molecule has 1 heterocycles. The Morgan fingerprint density at radius 1 is 0.921 bits per heavy atom. The summed E-state index contributed by atoms with van der Waals surface area (Å²) in [5, 5.41) is 2.51. The molecule has 0 radical (unpaired) electrons. The van der Waals surface area contributed by atoms with E-state index in [2.05, 4.69) is 5.32 Å². The number of amides is 2. The molecule has 0 aliphatic carbocycles. The second kappa shape index (κ2) is 12.4. The average Bonchev–Trinajstić information content (AvgIpc) is 3.16. The van der Waals surface area contributed by atoms with Gasteiger partial charge >= 0.3 is 6.18 Å². The second-order valence-corrected chi connectivity index (χ2v) is 10.4. The summed E-state index contributed by atoms with van der Waals surface area (Å²) in [7, 11) is 0. The number of halogens is 3. The smallest absolute Gasteiger partial charge is 0.326 e. The lowest BCUT2D eigenvalue weighted by atomic mass is 10.0. The van der Waals surface area contributed by atoms with Gasteiger partial charge in [0.25, 0.3) is 5.91 Å². The molecule has 0 saturated carbocycles.